The minimum absolute atomic E-state index is 0.0935. The molecule has 0 aromatic heterocycles. The maximum Gasteiger partial charge on any atom is 0.416 e. The van der Waals surface area contributed by atoms with E-state index in [9.17, 15) is 18.0 Å². The Balaban J connectivity index is 1.95. The highest BCUT2D eigenvalue weighted by atomic mass is 19.4. The summed E-state index contributed by atoms with van der Waals surface area (Å²) in [5.41, 5.74) is -0.0704. The summed E-state index contributed by atoms with van der Waals surface area (Å²) in [6.07, 6.45) is -4.45. The van der Waals surface area contributed by atoms with Crippen LogP contribution < -0.4 is 15.4 Å². The zero-order valence-corrected chi connectivity index (χ0v) is 14.6. The summed E-state index contributed by atoms with van der Waals surface area (Å²) >= 11 is 0. The van der Waals surface area contributed by atoms with E-state index in [1.165, 1.54) is 12.1 Å². The minimum atomic E-state index is -4.45. The van der Waals surface area contributed by atoms with E-state index < -0.39 is 17.6 Å². The number of nitrogens with one attached hydrogen (secondary N) is 2. The van der Waals surface area contributed by atoms with Gasteiger partial charge in [0.15, 0.2) is 0 Å². The molecule has 1 amide bonds. The molecular weight excluding hydrogens is 345 g/mol. The second-order valence-corrected chi connectivity index (χ2v) is 6.18. The monoisotopic (exact) mass is 366 g/mol. The molecule has 0 heterocycles. The van der Waals surface area contributed by atoms with Gasteiger partial charge in [0, 0.05) is 5.69 Å². The van der Waals surface area contributed by atoms with Gasteiger partial charge in [-0.25, -0.2) is 0 Å². The number of carbonyl (C=O) groups excluding carboxylic acids is 1. The first-order chi connectivity index (χ1) is 12.3. The third kappa shape index (κ3) is 5.98. The minimum Gasteiger partial charge on any atom is -0.491 e. The second kappa shape index (κ2) is 8.60. The molecule has 140 valence electrons. The molecule has 7 heteroatoms. The van der Waals surface area contributed by atoms with E-state index in [0.717, 1.165) is 12.1 Å². The van der Waals surface area contributed by atoms with Crippen LogP contribution in [0.15, 0.2) is 48.5 Å². The molecule has 0 aliphatic rings. The Labute approximate surface area is 150 Å². The Morgan fingerprint density at radius 3 is 2.54 bits per heavy atom. The van der Waals surface area contributed by atoms with Crippen molar-refractivity contribution in [1.82, 2.24) is 0 Å². The number of alkyl halides is 3. The van der Waals surface area contributed by atoms with Gasteiger partial charge in [0.05, 0.1) is 24.4 Å². The van der Waals surface area contributed by atoms with Crippen molar-refractivity contribution in [1.29, 1.82) is 0 Å². The predicted molar refractivity (Wildman–Crippen MR) is 95.3 cm³/mol. The second-order valence-electron chi connectivity index (χ2n) is 6.18. The van der Waals surface area contributed by atoms with E-state index in [1.54, 1.807) is 18.2 Å². The topological polar surface area (TPSA) is 50.4 Å². The number of ether oxygens (including phenoxy) is 1. The summed E-state index contributed by atoms with van der Waals surface area (Å²) in [6.45, 7) is 4.49. The molecule has 4 nitrogen and oxygen atoms in total. The van der Waals surface area contributed by atoms with Crippen LogP contribution in [0.4, 0.5) is 24.5 Å². The number of rotatable bonds is 7. The quantitative estimate of drug-likeness (QED) is 0.741. The fourth-order valence-electron chi connectivity index (χ4n) is 2.15. The zero-order valence-electron chi connectivity index (χ0n) is 14.6. The van der Waals surface area contributed by atoms with Gasteiger partial charge in [0.25, 0.3) is 0 Å². The fourth-order valence-corrected chi connectivity index (χ4v) is 2.15. The Hall–Kier alpha value is -2.70. The Bertz CT molecular complexity index is 746. The number of amides is 1. The molecule has 2 aromatic carbocycles. The molecule has 0 fully saturated rings. The lowest BCUT2D eigenvalue weighted by atomic mass is 10.2. The normalized spacial score (nSPS) is 11.3. The van der Waals surface area contributed by atoms with Crippen molar-refractivity contribution in [2.75, 3.05) is 23.8 Å². The lowest BCUT2D eigenvalue weighted by molar-refractivity contribution is -0.137. The van der Waals surface area contributed by atoms with Gasteiger partial charge in [-0.3, -0.25) is 4.79 Å². The van der Waals surface area contributed by atoms with Crippen LogP contribution in [-0.4, -0.2) is 19.1 Å². The van der Waals surface area contributed by atoms with Gasteiger partial charge in [-0.15, -0.1) is 0 Å². The van der Waals surface area contributed by atoms with Gasteiger partial charge in [-0.05, 0) is 36.2 Å². The molecule has 0 saturated carbocycles. The smallest absolute Gasteiger partial charge is 0.416 e. The summed E-state index contributed by atoms with van der Waals surface area (Å²) in [6, 6.07) is 11.7. The van der Waals surface area contributed by atoms with Crippen LogP contribution in [0.5, 0.6) is 5.75 Å². The van der Waals surface area contributed by atoms with E-state index in [0.29, 0.717) is 24.0 Å². The Morgan fingerprint density at radius 1 is 1.12 bits per heavy atom. The highest BCUT2D eigenvalue weighted by molar-refractivity contribution is 5.94. The van der Waals surface area contributed by atoms with Crippen LogP contribution >= 0.6 is 0 Å². The molecule has 2 N–H and O–H groups in total. The van der Waals surface area contributed by atoms with Crippen molar-refractivity contribution in [3.05, 3.63) is 54.1 Å². The molecule has 0 aliphatic heterocycles. The first-order valence-corrected chi connectivity index (χ1v) is 8.18. The van der Waals surface area contributed by atoms with Gasteiger partial charge in [-0.1, -0.05) is 32.0 Å². The van der Waals surface area contributed by atoms with E-state index in [4.69, 9.17) is 4.74 Å². The van der Waals surface area contributed by atoms with Gasteiger partial charge < -0.3 is 15.4 Å². The Morgan fingerprint density at radius 2 is 1.85 bits per heavy atom. The number of anilines is 2. The van der Waals surface area contributed by atoms with Crippen LogP contribution in [0.2, 0.25) is 0 Å². The number of benzene rings is 2. The molecule has 0 saturated heterocycles. The molecule has 2 rings (SSSR count). The van der Waals surface area contributed by atoms with E-state index >= 15 is 0 Å². The highest BCUT2D eigenvalue weighted by Crippen LogP contribution is 2.30. The number of para-hydroxylation sites is 2. The highest BCUT2D eigenvalue weighted by Gasteiger charge is 2.30. The lowest BCUT2D eigenvalue weighted by Crippen LogP contribution is -2.22. The summed E-state index contributed by atoms with van der Waals surface area (Å²) in [7, 11) is 0. The third-order valence-corrected chi connectivity index (χ3v) is 3.37. The van der Waals surface area contributed by atoms with Crippen molar-refractivity contribution in [2.24, 2.45) is 5.92 Å². The zero-order chi connectivity index (χ0) is 19.2. The van der Waals surface area contributed by atoms with Crippen molar-refractivity contribution in [3.8, 4) is 5.75 Å². The van der Waals surface area contributed by atoms with E-state index in [1.807, 2.05) is 19.9 Å². The van der Waals surface area contributed by atoms with Crippen molar-refractivity contribution >= 4 is 17.3 Å². The van der Waals surface area contributed by atoms with Gasteiger partial charge in [0.1, 0.15) is 5.75 Å². The van der Waals surface area contributed by atoms with Crippen LogP contribution in [0, 0.1) is 5.92 Å². The summed E-state index contributed by atoms with van der Waals surface area (Å²) in [5, 5.41) is 5.39. The number of carbonyl (C=O) groups is 1. The summed E-state index contributed by atoms with van der Waals surface area (Å²) in [4.78, 5) is 12.0. The maximum absolute atomic E-state index is 12.7. The number of halogens is 3. The standard InChI is InChI=1S/C19H21F3N2O2/c1-13(2)12-26-17-9-4-3-8-16(17)23-11-18(25)24-15-7-5-6-14(10-15)19(20,21)22/h3-10,13,23H,11-12H2,1-2H3,(H,24,25). The average Bonchev–Trinajstić information content (AvgIpc) is 2.58. The van der Waals surface area contributed by atoms with Crippen LogP contribution in [-0.2, 0) is 11.0 Å². The molecule has 0 spiro atoms. The van der Waals surface area contributed by atoms with Crippen LogP contribution in [0.3, 0.4) is 0 Å². The largest absolute Gasteiger partial charge is 0.491 e. The van der Waals surface area contributed by atoms with Gasteiger partial charge in [0.2, 0.25) is 5.91 Å². The maximum atomic E-state index is 12.7. The van der Waals surface area contributed by atoms with Gasteiger partial charge >= 0.3 is 6.18 Å². The fraction of sp³-hybridized carbons (Fsp3) is 0.316. The molecule has 26 heavy (non-hydrogen) atoms. The lowest BCUT2D eigenvalue weighted by Gasteiger charge is -2.14. The average molecular weight is 366 g/mol. The van der Waals surface area contributed by atoms with Gasteiger partial charge in [-0.2, -0.15) is 13.2 Å². The first-order valence-electron chi connectivity index (χ1n) is 8.18. The molecule has 0 aliphatic carbocycles. The number of hydrogen-bond acceptors (Lipinski definition) is 3. The van der Waals surface area contributed by atoms with E-state index in [2.05, 4.69) is 10.6 Å². The van der Waals surface area contributed by atoms with Crippen molar-refractivity contribution in [3.63, 3.8) is 0 Å². The van der Waals surface area contributed by atoms with Crippen LogP contribution in [0.25, 0.3) is 0 Å². The number of hydrogen-bond donors (Lipinski definition) is 2. The third-order valence-electron chi connectivity index (χ3n) is 3.37. The van der Waals surface area contributed by atoms with Crippen molar-refractivity contribution in [2.45, 2.75) is 20.0 Å². The Kier molecular flexibility index (Phi) is 6.49. The summed E-state index contributed by atoms with van der Waals surface area (Å²) in [5.74, 6) is 0.517. The predicted octanol–water partition coefficient (Wildman–Crippen LogP) is 4.79. The summed E-state index contributed by atoms with van der Waals surface area (Å²) < 4.78 is 43.8. The van der Waals surface area contributed by atoms with Crippen LogP contribution in [0.1, 0.15) is 19.4 Å². The SMILES string of the molecule is CC(C)COc1ccccc1NCC(=O)Nc1cccc(C(F)(F)F)c1. The van der Waals surface area contributed by atoms with Crippen molar-refractivity contribution < 1.29 is 22.7 Å². The molecule has 0 unspecified atom stereocenters. The van der Waals surface area contributed by atoms with E-state index in [-0.39, 0.29) is 12.2 Å². The molecular formula is C19H21F3N2O2. The first kappa shape index (κ1) is 19.6. The molecule has 2 aromatic rings. The molecule has 0 bridgehead atoms. The molecule has 0 atom stereocenters. The molecule has 0 radical (unpaired) electrons.